The van der Waals surface area contributed by atoms with Gasteiger partial charge in [-0.1, -0.05) is 57.2 Å². The summed E-state index contributed by atoms with van der Waals surface area (Å²) in [4.78, 5) is 0. The fraction of sp³-hybridized carbons (Fsp3) is 0.208. The minimum Gasteiger partial charge on any atom is -1.00 e. The molecule has 0 spiro atoms. The van der Waals surface area contributed by atoms with Gasteiger partial charge in [0, 0.05) is 0 Å². The van der Waals surface area contributed by atoms with E-state index in [-0.39, 0.29) is 65.9 Å². The minimum atomic E-state index is 0. The van der Waals surface area contributed by atoms with Crippen LogP contribution in [0.1, 0.15) is 33.6 Å². The van der Waals surface area contributed by atoms with Crippen LogP contribution in [0.4, 0.5) is 0 Å². The molecule has 3 aromatic carbocycles. The van der Waals surface area contributed by atoms with Crippen molar-refractivity contribution in [2.75, 3.05) is 0 Å². The SMILES string of the molecule is C.[C-]1=CC=CC1.[CH2-]CCC.[CH3-].[Cl-].[Cl-].[Zr+2].c1ccc2c(c1)[cH-]c1ccccc12. The summed E-state index contributed by atoms with van der Waals surface area (Å²) in [7, 11) is 0. The van der Waals surface area contributed by atoms with Crippen molar-refractivity contribution in [1.82, 2.24) is 0 Å². The number of hydrogen-bond donors (Lipinski definition) is 0. The van der Waals surface area contributed by atoms with Crippen LogP contribution in [0.3, 0.4) is 0 Å². The van der Waals surface area contributed by atoms with Crippen molar-refractivity contribution < 1.29 is 51.0 Å². The molecule has 148 valence electrons. The van der Waals surface area contributed by atoms with Crippen molar-refractivity contribution in [3.63, 3.8) is 0 Å². The first-order valence-electron chi connectivity index (χ1n) is 7.91. The number of allylic oxidation sites excluding steroid dienone is 4. The number of benzene rings is 2. The van der Waals surface area contributed by atoms with E-state index in [2.05, 4.69) is 80.6 Å². The second-order valence-corrected chi connectivity index (χ2v) is 5.18. The molecule has 4 rings (SSSR count). The molecule has 3 heteroatoms. The molecular weight excluding hydrogens is 450 g/mol. The van der Waals surface area contributed by atoms with E-state index >= 15 is 0 Å². The van der Waals surface area contributed by atoms with Gasteiger partial charge in [-0.3, -0.25) is 6.08 Å². The van der Waals surface area contributed by atoms with E-state index in [0.717, 1.165) is 12.8 Å². The van der Waals surface area contributed by atoms with Crippen molar-refractivity contribution in [2.45, 2.75) is 33.6 Å². The Morgan fingerprint density at radius 2 is 1.41 bits per heavy atom. The Labute approximate surface area is 198 Å². The fourth-order valence-corrected chi connectivity index (χ4v) is 2.24. The molecule has 0 bridgehead atoms. The summed E-state index contributed by atoms with van der Waals surface area (Å²) in [6.07, 6.45) is 12.3. The molecule has 27 heavy (non-hydrogen) atoms. The van der Waals surface area contributed by atoms with Gasteiger partial charge in [0.25, 0.3) is 0 Å². The first-order valence-corrected chi connectivity index (χ1v) is 7.91. The summed E-state index contributed by atoms with van der Waals surface area (Å²) in [5.74, 6) is 0. The minimum absolute atomic E-state index is 0. The second-order valence-electron chi connectivity index (χ2n) is 5.18. The molecule has 0 nitrogen and oxygen atoms in total. The van der Waals surface area contributed by atoms with Crippen LogP contribution >= 0.6 is 0 Å². The van der Waals surface area contributed by atoms with Crippen molar-refractivity contribution >= 4 is 21.5 Å². The average Bonchev–Trinajstić information content (AvgIpc) is 3.26. The maximum absolute atomic E-state index is 3.60. The molecule has 1 aliphatic carbocycles. The zero-order chi connectivity index (χ0) is 15.6. The molecule has 0 amide bonds. The molecule has 0 heterocycles. The van der Waals surface area contributed by atoms with E-state index in [0.29, 0.717) is 0 Å². The first kappa shape index (κ1) is 33.8. The molecule has 0 radical (unpaired) electrons. The van der Waals surface area contributed by atoms with Gasteiger partial charge in [-0.15, -0.1) is 46.2 Å². The standard InChI is InChI=1S/C13H9.C5H5.C4H9.CH4.CH3.2ClH.Zr/c1-3-7-12-10(5-1)9-11-6-2-4-8-13(11)12;1-2-4-5-3-1;1-3-4-2;;;;;/h1-9H;1-3H,4H2;1,3-4H2,2H3;1H4;1H3;2*1H;/q3*-1;;-1;;;+2/p-2. The van der Waals surface area contributed by atoms with E-state index in [1.807, 2.05) is 12.2 Å². The molecule has 0 atom stereocenters. The third-order valence-corrected chi connectivity index (χ3v) is 3.46. The Balaban J connectivity index is -0.000000164. The zero-order valence-corrected chi connectivity index (χ0v) is 19.5. The van der Waals surface area contributed by atoms with Crippen molar-refractivity contribution in [3.05, 3.63) is 93.3 Å². The van der Waals surface area contributed by atoms with Crippen LogP contribution < -0.4 is 24.8 Å². The van der Waals surface area contributed by atoms with Gasteiger partial charge in [0.15, 0.2) is 0 Å². The topological polar surface area (TPSA) is 0 Å². The van der Waals surface area contributed by atoms with Gasteiger partial charge in [0.2, 0.25) is 0 Å². The Kier molecular flexibility index (Phi) is 25.0. The zero-order valence-electron chi connectivity index (χ0n) is 15.5. The number of halogens is 2. The van der Waals surface area contributed by atoms with Crippen LogP contribution in [0.2, 0.25) is 0 Å². The maximum Gasteiger partial charge on any atom is 2.00 e. The number of rotatable bonds is 1. The molecule has 0 aromatic heterocycles. The number of hydrogen-bond acceptors (Lipinski definition) is 0. The van der Waals surface area contributed by atoms with Crippen LogP contribution in [0.15, 0.2) is 72.8 Å². The van der Waals surface area contributed by atoms with E-state index in [1.54, 1.807) is 0 Å². The molecule has 0 saturated heterocycles. The maximum atomic E-state index is 3.60. The van der Waals surface area contributed by atoms with Gasteiger partial charge in [-0.25, -0.2) is 12.2 Å². The molecule has 3 aromatic rings. The van der Waals surface area contributed by atoms with Gasteiger partial charge in [0.05, 0.1) is 0 Å². The molecule has 0 unspecified atom stereocenters. The van der Waals surface area contributed by atoms with E-state index < -0.39 is 0 Å². The van der Waals surface area contributed by atoms with Gasteiger partial charge in [-0.2, -0.15) is 12.5 Å². The number of unbranched alkanes of at least 4 members (excludes halogenated alkanes) is 1. The monoisotopic (exact) mass is 478 g/mol. The molecule has 0 N–H and O–H groups in total. The third kappa shape index (κ3) is 11.0. The smallest absolute Gasteiger partial charge is 1.00 e. The normalized spacial score (nSPS) is 9.70. The van der Waals surface area contributed by atoms with Crippen LogP contribution in [0, 0.1) is 20.4 Å². The van der Waals surface area contributed by atoms with Crippen molar-refractivity contribution in [1.29, 1.82) is 0 Å². The third-order valence-electron chi connectivity index (χ3n) is 3.46. The average molecular weight is 481 g/mol. The summed E-state index contributed by atoms with van der Waals surface area (Å²) >= 11 is 0. The fourth-order valence-electron chi connectivity index (χ4n) is 2.24. The van der Waals surface area contributed by atoms with Crippen LogP contribution in [-0.4, -0.2) is 0 Å². The molecule has 1 aliphatic rings. The Hall–Kier alpha value is -0.747. The van der Waals surface area contributed by atoms with Gasteiger partial charge < -0.3 is 39.2 Å². The number of fused-ring (bicyclic) bond motifs is 3. The first-order chi connectivity index (χ1) is 10.9. The molecule has 0 saturated carbocycles. The van der Waals surface area contributed by atoms with Crippen LogP contribution in [0.5, 0.6) is 0 Å². The summed E-state index contributed by atoms with van der Waals surface area (Å²) in [5, 5.41) is 5.39. The Bertz CT molecular complexity index is 695. The summed E-state index contributed by atoms with van der Waals surface area (Å²) in [6, 6.07) is 19.3. The largest absolute Gasteiger partial charge is 2.00 e. The Morgan fingerprint density at radius 3 is 1.70 bits per heavy atom. The molecule has 0 aliphatic heterocycles. The van der Waals surface area contributed by atoms with Crippen LogP contribution in [-0.2, 0) is 26.2 Å². The quantitative estimate of drug-likeness (QED) is 0.466. The molecular formula is C24H30Cl2Zr-4. The summed E-state index contributed by atoms with van der Waals surface area (Å²) < 4.78 is 0. The summed E-state index contributed by atoms with van der Waals surface area (Å²) in [6.45, 7) is 5.72. The van der Waals surface area contributed by atoms with E-state index in [9.17, 15) is 0 Å². The molecule has 0 fully saturated rings. The van der Waals surface area contributed by atoms with Gasteiger partial charge >= 0.3 is 26.2 Å². The Morgan fingerprint density at radius 1 is 0.963 bits per heavy atom. The van der Waals surface area contributed by atoms with E-state index in [1.165, 1.54) is 28.0 Å². The van der Waals surface area contributed by atoms with Gasteiger partial charge in [-0.05, 0) is 0 Å². The predicted octanol–water partition coefficient (Wildman–Crippen LogP) is 1.73. The van der Waals surface area contributed by atoms with Gasteiger partial charge in [0.1, 0.15) is 0 Å². The van der Waals surface area contributed by atoms with Crippen LogP contribution in [0.25, 0.3) is 21.5 Å². The second kappa shape index (κ2) is 20.0. The predicted molar refractivity (Wildman–Crippen MR) is 112 cm³/mol. The van der Waals surface area contributed by atoms with Crippen molar-refractivity contribution in [2.24, 2.45) is 0 Å². The van der Waals surface area contributed by atoms with Crippen molar-refractivity contribution in [3.8, 4) is 0 Å². The summed E-state index contributed by atoms with van der Waals surface area (Å²) in [5.41, 5.74) is 0. The van der Waals surface area contributed by atoms with E-state index in [4.69, 9.17) is 0 Å².